The largest absolute Gasteiger partial charge is 0.326 e. The molecule has 4 nitrogen and oxygen atoms in total. The predicted octanol–water partition coefficient (Wildman–Crippen LogP) is 1.90. The highest BCUT2D eigenvalue weighted by atomic mass is 16.1. The minimum absolute atomic E-state index is 0.0240. The molecule has 1 atom stereocenters. The fourth-order valence-corrected chi connectivity index (χ4v) is 2.96. The molecule has 2 heterocycles. The second-order valence-corrected chi connectivity index (χ2v) is 5.38. The standard InChI is InChI=1S/C14H19N3O/c1-10-5-6-13-12(8-10)15-14(18)17(13)11-4-3-7-16(2)9-11/h5-6,8,11H,3-4,7,9H2,1-2H3,(H,15,18). The smallest absolute Gasteiger partial charge is 0.306 e. The van der Waals surface area contributed by atoms with Crippen LogP contribution in [0.5, 0.6) is 0 Å². The minimum atomic E-state index is 0.0240. The lowest BCUT2D eigenvalue weighted by molar-refractivity contribution is 0.212. The van der Waals surface area contributed by atoms with Crippen LogP contribution in [0.2, 0.25) is 0 Å². The van der Waals surface area contributed by atoms with Crippen LogP contribution in [0.4, 0.5) is 0 Å². The van der Waals surface area contributed by atoms with Crippen LogP contribution in [0.25, 0.3) is 11.0 Å². The van der Waals surface area contributed by atoms with Gasteiger partial charge in [0.1, 0.15) is 0 Å². The number of hydrogen-bond donors (Lipinski definition) is 1. The highest BCUT2D eigenvalue weighted by Gasteiger charge is 2.22. The van der Waals surface area contributed by atoms with Crippen molar-refractivity contribution >= 4 is 11.0 Å². The first-order chi connectivity index (χ1) is 8.65. The molecule has 0 bridgehead atoms. The van der Waals surface area contributed by atoms with E-state index >= 15 is 0 Å². The van der Waals surface area contributed by atoms with Crippen molar-refractivity contribution in [2.45, 2.75) is 25.8 Å². The maximum Gasteiger partial charge on any atom is 0.326 e. The molecule has 0 saturated carbocycles. The Labute approximate surface area is 106 Å². The summed E-state index contributed by atoms with van der Waals surface area (Å²) in [6, 6.07) is 6.46. The number of H-pyrrole nitrogens is 1. The molecule has 3 rings (SSSR count). The number of nitrogens with one attached hydrogen (secondary N) is 1. The van der Waals surface area contributed by atoms with E-state index in [2.05, 4.69) is 29.1 Å². The molecule has 0 aliphatic carbocycles. The number of aromatic nitrogens is 2. The minimum Gasteiger partial charge on any atom is -0.306 e. The lowest BCUT2D eigenvalue weighted by atomic mass is 10.1. The number of nitrogens with zero attached hydrogens (tertiary/aromatic N) is 2. The van der Waals surface area contributed by atoms with Gasteiger partial charge < -0.3 is 9.88 Å². The van der Waals surface area contributed by atoms with E-state index in [0.29, 0.717) is 6.04 Å². The van der Waals surface area contributed by atoms with Gasteiger partial charge in [0.05, 0.1) is 17.1 Å². The summed E-state index contributed by atoms with van der Waals surface area (Å²) in [7, 11) is 2.12. The van der Waals surface area contributed by atoms with Crippen molar-refractivity contribution in [3.63, 3.8) is 0 Å². The predicted molar refractivity (Wildman–Crippen MR) is 73.1 cm³/mol. The summed E-state index contributed by atoms with van der Waals surface area (Å²) in [5.74, 6) is 0. The van der Waals surface area contributed by atoms with Crippen molar-refractivity contribution in [2.24, 2.45) is 0 Å². The van der Waals surface area contributed by atoms with Gasteiger partial charge in [-0.2, -0.15) is 0 Å². The van der Waals surface area contributed by atoms with Crippen LogP contribution in [0.15, 0.2) is 23.0 Å². The molecule has 96 valence electrons. The number of rotatable bonds is 1. The molecule has 1 aliphatic heterocycles. The average molecular weight is 245 g/mol. The number of likely N-dealkylation sites (tertiary alicyclic amines) is 1. The molecule has 1 aromatic carbocycles. The molecular weight excluding hydrogens is 226 g/mol. The first kappa shape index (κ1) is 11.5. The SMILES string of the molecule is Cc1ccc2c(c1)[nH]c(=O)n2C1CCCN(C)C1. The summed E-state index contributed by atoms with van der Waals surface area (Å²) in [6.45, 7) is 4.14. The lowest BCUT2D eigenvalue weighted by Crippen LogP contribution is -2.36. The number of benzene rings is 1. The molecule has 18 heavy (non-hydrogen) atoms. The quantitative estimate of drug-likeness (QED) is 0.833. The number of likely N-dealkylation sites (N-methyl/N-ethyl adjacent to an activating group) is 1. The molecule has 1 unspecified atom stereocenters. The fraction of sp³-hybridized carbons (Fsp3) is 0.500. The van der Waals surface area contributed by atoms with Crippen molar-refractivity contribution in [3.05, 3.63) is 34.2 Å². The summed E-state index contributed by atoms with van der Waals surface area (Å²) in [5.41, 5.74) is 3.19. The number of hydrogen-bond acceptors (Lipinski definition) is 2. The molecule has 1 N–H and O–H groups in total. The van der Waals surface area contributed by atoms with E-state index in [0.717, 1.165) is 37.0 Å². The molecule has 1 aliphatic rings. The first-order valence-corrected chi connectivity index (χ1v) is 6.54. The zero-order valence-corrected chi connectivity index (χ0v) is 10.9. The summed E-state index contributed by atoms with van der Waals surface area (Å²) in [5, 5.41) is 0. The molecule has 1 fully saturated rings. The van der Waals surface area contributed by atoms with Crippen molar-refractivity contribution in [1.82, 2.24) is 14.5 Å². The summed E-state index contributed by atoms with van der Waals surface area (Å²) in [4.78, 5) is 17.4. The normalized spacial score (nSPS) is 21.6. The van der Waals surface area contributed by atoms with Gasteiger partial charge in [-0.25, -0.2) is 4.79 Å². The van der Waals surface area contributed by atoms with Gasteiger partial charge in [-0.05, 0) is 51.1 Å². The Morgan fingerprint density at radius 2 is 2.22 bits per heavy atom. The Hall–Kier alpha value is -1.55. The molecule has 1 aromatic heterocycles. The highest BCUT2D eigenvalue weighted by molar-refractivity contribution is 5.76. The van der Waals surface area contributed by atoms with Gasteiger partial charge in [-0.1, -0.05) is 6.07 Å². The summed E-state index contributed by atoms with van der Waals surface area (Å²) < 4.78 is 1.93. The lowest BCUT2D eigenvalue weighted by Gasteiger charge is -2.30. The zero-order valence-electron chi connectivity index (χ0n) is 10.9. The maximum atomic E-state index is 12.1. The van der Waals surface area contributed by atoms with E-state index in [9.17, 15) is 4.79 Å². The van der Waals surface area contributed by atoms with Crippen LogP contribution in [0.3, 0.4) is 0 Å². The third-order valence-corrected chi connectivity index (χ3v) is 3.84. The van der Waals surface area contributed by atoms with Gasteiger partial charge in [-0.3, -0.25) is 4.57 Å². The highest BCUT2D eigenvalue weighted by Crippen LogP contribution is 2.23. The van der Waals surface area contributed by atoms with E-state index in [4.69, 9.17) is 0 Å². The van der Waals surface area contributed by atoms with Crippen LogP contribution in [-0.4, -0.2) is 34.6 Å². The topological polar surface area (TPSA) is 41.0 Å². The number of aryl methyl sites for hydroxylation is 1. The molecule has 2 aromatic rings. The van der Waals surface area contributed by atoms with Gasteiger partial charge in [-0.15, -0.1) is 0 Å². The second-order valence-electron chi connectivity index (χ2n) is 5.38. The number of aromatic amines is 1. The number of imidazole rings is 1. The van der Waals surface area contributed by atoms with Gasteiger partial charge in [0.25, 0.3) is 0 Å². The van der Waals surface area contributed by atoms with E-state index < -0.39 is 0 Å². The molecular formula is C14H19N3O. The molecule has 1 saturated heterocycles. The summed E-state index contributed by atoms with van der Waals surface area (Å²) >= 11 is 0. The number of piperidine rings is 1. The van der Waals surface area contributed by atoms with E-state index in [-0.39, 0.29) is 5.69 Å². The summed E-state index contributed by atoms with van der Waals surface area (Å²) in [6.07, 6.45) is 2.25. The maximum absolute atomic E-state index is 12.1. The Balaban J connectivity index is 2.10. The third kappa shape index (κ3) is 1.86. The molecule has 0 amide bonds. The van der Waals surface area contributed by atoms with Gasteiger partial charge in [0, 0.05) is 6.54 Å². The van der Waals surface area contributed by atoms with Crippen LogP contribution >= 0.6 is 0 Å². The molecule has 4 heteroatoms. The Morgan fingerprint density at radius 1 is 1.39 bits per heavy atom. The van der Waals surface area contributed by atoms with Crippen molar-refractivity contribution in [1.29, 1.82) is 0 Å². The van der Waals surface area contributed by atoms with Crippen LogP contribution < -0.4 is 5.69 Å². The van der Waals surface area contributed by atoms with Crippen LogP contribution in [0.1, 0.15) is 24.4 Å². The van der Waals surface area contributed by atoms with Crippen molar-refractivity contribution < 1.29 is 0 Å². The molecule has 0 spiro atoms. The first-order valence-electron chi connectivity index (χ1n) is 6.54. The monoisotopic (exact) mass is 245 g/mol. The van der Waals surface area contributed by atoms with Gasteiger partial charge in [0.15, 0.2) is 0 Å². The van der Waals surface area contributed by atoms with E-state index in [1.165, 1.54) is 5.56 Å². The Bertz CT molecular complexity index is 625. The van der Waals surface area contributed by atoms with E-state index in [1.54, 1.807) is 0 Å². The Kier molecular flexibility index (Phi) is 2.74. The van der Waals surface area contributed by atoms with Crippen LogP contribution in [-0.2, 0) is 0 Å². The van der Waals surface area contributed by atoms with Gasteiger partial charge >= 0.3 is 5.69 Å². The Morgan fingerprint density at radius 3 is 3.00 bits per heavy atom. The molecule has 0 radical (unpaired) electrons. The fourth-order valence-electron chi connectivity index (χ4n) is 2.96. The van der Waals surface area contributed by atoms with Crippen molar-refractivity contribution in [3.8, 4) is 0 Å². The van der Waals surface area contributed by atoms with Gasteiger partial charge in [0.2, 0.25) is 0 Å². The van der Waals surface area contributed by atoms with E-state index in [1.807, 2.05) is 17.6 Å². The zero-order chi connectivity index (χ0) is 12.7. The second kappa shape index (κ2) is 4.28. The number of fused-ring (bicyclic) bond motifs is 1. The van der Waals surface area contributed by atoms with Crippen LogP contribution in [0, 0.1) is 6.92 Å². The average Bonchev–Trinajstić information content (AvgIpc) is 2.64. The van der Waals surface area contributed by atoms with Crippen molar-refractivity contribution in [2.75, 3.05) is 20.1 Å². The third-order valence-electron chi connectivity index (χ3n) is 3.84.